The number of hydrogen-bond donors (Lipinski definition) is 1. The normalized spacial score (nSPS) is 19.0. The zero-order valence-electron chi connectivity index (χ0n) is 14.1. The highest BCUT2D eigenvalue weighted by molar-refractivity contribution is 5.94. The Kier molecular flexibility index (Phi) is 6.29. The molecular formula is C18H24F2N2O2. The number of carbonyl (C=O) groups is 2. The van der Waals surface area contributed by atoms with E-state index in [1.54, 1.807) is 0 Å². The molecule has 0 saturated carbocycles. The Morgan fingerprint density at radius 2 is 1.96 bits per heavy atom. The Balaban J connectivity index is 2.01. The fraction of sp³-hybridized carbons (Fsp3) is 0.556. The van der Waals surface area contributed by atoms with Crippen molar-refractivity contribution in [3.8, 4) is 0 Å². The molecule has 1 saturated heterocycles. The van der Waals surface area contributed by atoms with E-state index in [1.807, 2.05) is 6.92 Å². The van der Waals surface area contributed by atoms with Crippen LogP contribution < -0.4 is 5.32 Å². The summed E-state index contributed by atoms with van der Waals surface area (Å²) < 4.78 is 26.6. The van der Waals surface area contributed by atoms with Crippen LogP contribution >= 0.6 is 0 Å². The summed E-state index contributed by atoms with van der Waals surface area (Å²) in [6.45, 7) is 4.79. The van der Waals surface area contributed by atoms with Gasteiger partial charge in [-0.2, -0.15) is 0 Å². The van der Waals surface area contributed by atoms with Gasteiger partial charge in [-0.05, 0) is 38.3 Å². The molecule has 132 valence electrons. The molecule has 1 fully saturated rings. The largest absolute Gasteiger partial charge is 0.353 e. The third-order valence-electron chi connectivity index (χ3n) is 4.30. The van der Waals surface area contributed by atoms with Gasteiger partial charge in [0.2, 0.25) is 5.91 Å². The first-order valence-electron chi connectivity index (χ1n) is 8.46. The molecule has 2 rings (SSSR count). The zero-order chi connectivity index (χ0) is 17.7. The number of nitrogens with one attached hydrogen (secondary N) is 1. The van der Waals surface area contributed by atoms with Crippen LogP contribution in [-0.4, -0.2) is 35.8 Å². The summed E-state index contributed by atoms with van der Waals surface area (Å²) in [5, 5.41) is 2.97. The smallest absolute Gasteiger partial charge is 0.254 e. The molecule has 0 aliphatic carbocycles. The van der Waals surface area contributed by atoms with E-state index in [1.165, 1.54) is 4.90 Å². The van der Waals surface area contributed by atoms with Crippen molar-refractivity contribution >= 4 is 11.8 Å². The average molecular weight is 338 g/mol. The van der Waals surface area contributed by atoms with Crippen LogP contribution in [0.1, 0.15) is 49.9 Å². The van der Waals surface area contributed by atoms with E-state index in [0.29, 0.717) is 19.4 Å². The Hall–Kier alpha value is -1.98. The Morgan fingerprint density at radius 3 is 2.58 bits per heavy atom. The zero-order valence-corrected chi connectivity index (χ0v) is 14.1. The van der Waals surface area contributed by atoms with Gasteiger partial charge in [-0.3, -0.25) is 9.59 Å². The highest BCUT2D eigenvalue weighted by Crippen LogP contribution is 2.20. The molecule has 0 radical (unpaired) electrons. The summed E-state index contributed by atoms with van der Waals surface area (Å²) in [4.78, 5) is 26.3. The molecule has 0 bridgehead atoms. The summed E-state index contributed by atoms with van der Waals surface area (Å²) >= 11 is 0. The van der Waals surface area contributed by atoms with Crippen LogP contribution in [0.2, 0.25) is 0 Å². The maximum absolute atomic E-state index is 13.3. The van der Waals surface area contributed by atoms with Gasteiger partial charge in [0.05, 0.1) is 5.92 Å². The van der Waals surface area contributed by atoms with Gasteiger partial charge in [0.25, 0.3) is 5.91 Å². The van der Waals surface area contributed by atoms with E-state index < -0.39 is 17.5 Å². The van der Waals surface area contributed by atoms with Gasteiger partial charge in [-0.15, -0.1) is 0 Å². The SMILES string of the molecule is CCC[C@@H](C)NC(=O)[C@@H]1CCCN(C(=O)c2cc(F)cc(F)c2)C1. The third-order valence-corrected chi connectivity index (χ3v) is 4.30. The van der Waals surface area contributed by atoms with Crippen molar-refractivity contribution in [3.63, 3.8) is 0 Å². The van der Waals surface area contributed by atoms with Crippen LogP contribution in [0.25, 0.3) is 0 Å². The van der Waals surface area contributed by atoms with Crippen LogP contribution in [0.3, 0.4) is 0 Å². The van der Waals surface area contributed by atoms with Crippen LogP contribution in [0.5, 0.6) is 0 Å². The lowest BCUT2D eigenvalue weighted by atomic mass is 9.96. The minimum atomic E-state index is -0.780. The second-order valence-corrected chi connectivity index (χ2v) is 6.45. The van der Waals surface area contributed by atoms with E-state index in [9.17, 15) is 18.4 Å². The molecule has 0 spiro atoms. The lowest BCUT2D eigenvalue weighted by Gasteiger charge is -2.32. The molecular weight excluding hydrogens is 314 g/mol. The van der Waals surface area contributed by atoms with Gasteiger partial charge in [0.15, 0.2) is 0 Å². The molecule has 1 aliphatic heterocycles. The molecule has 0 aromatic heterocycles. The lowest BCUT2D eigenvalue weighted by Crippen LogP contribution is -2.47. The molecule has 4 nitrogen and oxygen atoms in total. The quantitative estimate of drug-likeness (QED) is 0.897. The van der Waals surface area contributed by atoms with Crippen molar-refractivity contribution in [2.75, 3.05) is 13.1 Å². The molecule has 24 heavy (non-hydrogen) atoms. The molecule has 1 aliphatic rings. The van der Waals surface area contributed by atoms with Crippen molar-refractivity contribution in [3.05, 3.63) is 35.4 Å². The van der Waals surface area contributed by atoms with Crippen molar-refractivity contribution in [1.82, 2.24) is 10.2 Å². The number of carbonyl (C=O) groups excluding carboxylic acids is 2. The number of benzene rings is 1. The van der Waals surface area contributed by atoms with Crippen LogP contribution in [0, 0.1) is 17.6 Å². The van der Waals surface area contributed by atoms with E-state index in [-0.39, 0.29) is 30.0 Å². The molecule has 1 heterocycles. The standard InChI is InChI=1S/C18H24F2N2O2/c1-3-5-12(2)21-17(23)13-6-4-7-22(11-13)18(24)14-8-15(19)10-16(20)9-14/h8-10,12-13H,3-7,11H2,1-2H3,(H,21,23)/t12-,13-/m1/s1. The van der Waals surface area contributed by atoms with Crippen LogP contribution in [0.15, 0.2) is 18.2 Å². The number of halogens is 2. The first kappa shape index (κ1) is 18.4. The van der Waals surface area contributed by atoms with Gasteiger partial charge in [-0.1, -0.05) is 13.3 Å². The molecule has 6 heteroatoms. The van der Waals surface area contributed by atoms with Gasteiger partial charge in [0.1, 0.15) is 11.6 Å². The van der Waals surface area contributed by atoms with E-state index >= 15 is 0 Å². The molecule has 1 aromatic carbocycles. The van der Waals surface area contributed by atoms with Gasteiger partial charge < -0.3 is 10.2 Å². The van der Waals surface area contributed by atoms with Crippen LogP contribution in [-0.2, 0) is 4.79 Å². The van der Waals surface area contributed by atoms with Gasteiger partial charge in [-0.25, -0.2) is 8.78 Å². The van der Waals surface area contributed by atoms with Crippen LogP contribution in [0.4, 0.5) is 8.78 Å². The predicted octanol–water partition coefficient (Wildman–Crippen LogP) is 3.12. The van der Waals surface area contributed by atoms with Crippen molar-refractivity contribution in [2.45, 2.75) is 45.6 Å². The lowest BCUT2D eigenvalue weighted by molar-refractivity contribution is -0.127. The number of piperidine rings is 1. The van der Waals surface area contributed by atoms with Crippen molar-refractivity contribution in [1.29, 1.82) is 0 Å². The first-order chi connectivity index (χ1) is 11.4. The molecule has 1 aromatic rings. The topological polar surface area (TPSA) is 49.4 Å². The minimum absolute atomic E-state index is 0.0205. The number of likely N-dealkylation sites (tertiary alicyclic amines) is 1. The number of amides is 2. The van der Waals surface area contributed by atoms with Gasteiger partial charge in [0, 0.05) is 30.8 Å². The molecule has 1 N–H and O–H groups in total. The van der Waals surface area contributed by atoms with Crippen molar-refractivity contribution in [2.24, 2.45) is 5.92 Å². The number of rotatable bonds is 5. The summed E-state index contributed by atoms with van der Waals surface area (Å²) in [6, 6.07) is 2.89. The maximum atomic E-state index is 13.3. The molecule has 2 atom stereocenters. The average Bonchev–Trinajstić information content (AvgIpc) is 2.53. The summed E-state index contributed by atoms with van der Waals surface area (Å²) in [5.74, 6) is -2.33. The summed E-state index contributed by atoms with van der Waals surface area (Å²) in [6.07, 6.45) is 3.31. The third kappa shape index (κ3) is 4.76. The molecule has 0 unspecified atom stereocenters. The predicted molar refractivity (Wildman–Crippen MR) is 87.5 cm³/mol. The number of hydrogen-bond acceptors (Lipinski definition) is 2. The highest BCUT2D eigenvalue weighted by atomic mass is 19.1. The minimum Gasteiger partial charge on any atom is -0.353 e. The van der Waals surface area contributed by atoms with E-state index in [4.69, 9.17) is 0 Å². The summed E-state index contributed by atoms with van der Waals surface area (Å²) in [7, 11) is 0. The maximum Gasteiger partial charge on any atom is 0.254 e. The highest BCUT2D eigenvalue weighted by Gasteiger charge is 2.29. The monoisotopic (exact) mass is 338 g/mol. The Labute approximate surface area is 141 Å². The fourth-order valence-corrected chi connectivity index (χ4v) is 3.10. The second-order valence-electron chi connectivity index (χ2n) is 6.45. The first-order valence-corrected chi connectivity index (χ1v) is 8.46. The molecule has 2 amide bonds. The number of nitrogens with zero attached hydrogens (tertiary/aromatic N) is 1. The van der Waals surface area contributed by atoms with E-state index in [2.05, 4.69) is 12.2 Å². The Morgan fingerprint density at radius 1 is 1.29 bits per heavy atom. The van der Waals surface area contributed by atoms with Gasteiger partial charge >= 0.3 is 0 Å². The van der Waals surface area contributed by atoms with Crippen molar-refractivity contribution < 1.29 is 18.4 Å². The Bertz CT molecular complexity index is 586. The fourth-order valence-electron chi connectivity index (χ4n) is 3.10. The summed E-state index contributed by atoms with van der Waals surface area (Å²) in [5.41, 5.74) is -0.0205. The van der Waals surface area contributed by atoms with E-state index in [0.717, 1.165) is 31.0 Å². The second kappa shape index (κ2) is 8.22.